The molecule has 1 unspecified atom stereocenters. The predicted molar refractivity (Wildman–Crippen MR) is 134 cm³/mol. The van der Waals surface area contributed by atoms with Gasteiger partial charge < -0.3 is 21.1 Å². The van der Waals surface area contributed by atoms with Crippen molar-refractivity contribution in [2.24, 2.45) is 0 Å². The van der Waals surface area contributed by atoms with Crippen molar-refractivity contribution in [2.45, 2.75) is 44.3 Å². The molecule has 1 atom stereocenters. The number of para-hydroxylation sites is 2. The summed E-state index contributed by atoms with van der Waals surface area (Å²) >= 11 is 0. The maximum Gasteiger partial charge on any atom is 0.246 e. The molecule has 4 N–H and O–H groups in total. The number of nitrogen functional groups attached to an aromatic ring is 1. The standard InChI is InChI=1S/C26H27N7O2/c27-24-22-23(32-33(18-5-1-2-6-18)25(22)30-15-29-24)17-11-9-16(10-12-17)13-28-26(34)20-14-35-21-8-4-3-7-19(21)31-20/h3-4,7-12,15,18,20,31H,1-2,5-6,13-14H2,(H,28,34)(H2,27,29,30). The number of ether oxygens (including phenoxy) is 1. The number of nitrogens with one attached hydrogen (secondary N) is 2. The van der Waals surface area contributed by atoms with Crippen molar-refractivity contribution in [3.63, 3.8) is 0 Å². The lowest BCUT2D eigenvalue weighted by atomic mass is 10.1. The Morgan fingerprint density at radius 1 is 1.11 bits per heavy atom. The maximum absolute atomic E-state index is 12.7. The van der Waals surface area contributed by atoms with Crippen LogP contribution in [0.25, 0.3) is 22.3 Å². The van der Waals surface area contributed by atoms with Crippen LogP contribution in [0.3, 0.4) is 0 Å². The summed E-state index contributed by atoms with van der Waals surface area (Å²) < 4.78 is 7.73. The van der Waals surface area contributed by atoms with Crippen molar-refractivity contribution in [2.75, 3.05) is 17.7 Å². The summed E-state index contributed by atoms with van der Waals surface area (Å²) in [6.45, 7) is 0.712. The van der Waals surface area contributed by atoms with Gasteiger partial charge in [-0.3, -0.25) is 4.79 Å². The zero-order valence-corrected chi connectivity index (χ0v) is 19.3. The van der Waals surface area contributed by atoms with E-state index >= 15 is 0 Å². The van der Waals surface area contributed by atoms with E-state index in [9.17, 15) is 4.79 Å². The lowest BCUT2D eigenvalue weighted by Crippen LogP contribution is -2.45. The van der Waals surface area contributed by atoms with E-state index in [-0.39, 0.29) is 5.91 Å². The molecule has 1 aliphatic carbocycles. The fraction of sp³-hybridized carbons (Fsp3) is 0.308. The number of aromatic nitrogens is 4. The van der Waals surface area contributed by atoms with Gasteiger partial charge in [-0.1, -0.05) is 49.2 Å². The molecule has 9 heteroatoms. The molecule has 0 spiro atoms. The largest absolute Gasteiger partial charge is 0.489 e. The molecule has 1 amide bonds. The van der Waals surface area contributed by atoms with Gasteiger partial charge in [0.2, 0.25) is 5.91 Å². The minimum atomic E-state index is -0.432. The van der Waals surface area contributed by atoms with E-state index in [4.69, 9.17) is 15.6 Å². The molecule has 0 saturated heterocycles. The van der Waals surface area contributed by atoms with E-state index in [1.54, 1.807) is 0 Å². The number of hydrogen-bond acceptors (Lipinski definition) is 7. The Labute approximate surface area is 202 Å². The van der Waals surface area contributed by atoms with Crippen LogP contribution in [0.15, 0.2) is 54.9 Å². The minimum Gasteiger partial charge on any atom is -0.489 e. The second-order valence-corrected chi connectivity index (χ2v) is 9.11. The Kier molecular flexibility index (Phi) is 5.44. The summed E-state index contributed by atoms with van der Waals surface area (Å²) in [6, 6.07) is 15.5. The highest BCUT2D eigenvalue weighted by Crippen LogP contribution is 2.36. The number of fused-ring (bicyclic) bond motifs is 2. The molecular formula is C26H27N7O2. The molecule has 3 heterocycles. The van der Waals surface area contributed by atoms with Crippen molar-refractivity contribution in [3.05, 3.63) is 60.4 Å². The van der Waals surface area contributed by atoms with Crippen LogP contribution in [-0.4, -0.2) is 38.3 Å². The van der Waals surface area contributed by atoms with E-state index < -0.39 is 6.04 Å². The molecule has 1 fully saturated rings. The van der Waals surface area contributed by atoms with Gasteiger partial charge in [-0.05, 0) is 30.5 Å². The zero-order chi connectivity index (χ0) is 23.8. The van der Waals surface area contributed by atoms with Crippen molar-refractivity contribution in [3.8, 4) is 17.0 Å². The third-order valence-electron chi connectivity index (χ3n) is 6.82. The Morgan fingerprint density at radius 2 is 1.91 bits per heavy atom. The number of rotatable bonds is 5. The number of anilines is 2. The van der Waals surface area contributed by atoms with E-state index in [2.05, 4.69) is 20.6 Å². The predicted octanol–water partition coefficient (Wildman–Crippen LogP) is 3.68. The van der Waals surface area contributed by atoms with Crippen LogP contribution >= 0.6 is 0 Å². The van der Waals surface area contributed by atoms with Gasteiger partial charge in [0.1, 0.15) is 36.2 Å². The summed E-state index contributed by atoms with van der Waals surface area (Å²) in [5.41, 5.74) is 10.6. The van der Waals surface area contributed by atoms with Crippen molar-refractivity contribution >= 4 is 28.4 Å². The average Bonchev–Trinajstić information content (AvgIpc) is 3.56. The monoisotopic (exact) mass is 469 g/mol. The van der Waals surface area contributed by atoms with E-state index in [1.165, 1.54) is 19.2 Å². The summed E-state index contributed by atoms with van der Waals surface area (Å²) in [7, 11) is 0. The van der Waals surface area contributed by atoms with Crippen LogP contribution in [0.1, 0.15) is 37.3 Å². The van der Waals surface area contributed by atoms with Gasteiger partial charge in [-0.2, -0.15) is 5.10 Å². The van der Waals surface area contributed by atoms with Crippen LogP contribution in [0.2, 0.25) is 0 Å². The first kappa shape index (κ1) is 21.4. The lowest BCUT2D eigenvalue weighted by Gasteiger charge is -2.26. The summed E-state index contributed by atoms with van der Waals surface area (Å²) in [6.07, 6.45) is 6.12. The van der Waals surface area contributed by atoms with Gasteiger partial charge in [0.15, 0.2) is 5.65 Å². The topological polar surface area (TPSA) is 120 Å². The molecule has 0 bridgehead atoms. The average molecular weight is 470 g/mol. The molecule has 178 valence electrons. The second-order valence-electron chi connectivity index (χ2n) is 9.11. The van der Waals surface area contributed by atoms with Gasteiger partial charge >= 0.3 is 0 Å². The SMILES string of the molecule is Nc1ncnc2c1c(-c1ccc(CNC(=O)C3COc4ccccc4N3)cc1)nn2C1CCCC1. The number of hydrogen-bond donors (Lipinski definition) is 3. The number of nitrogens with two attached hydrogens (primary N) is 1. The Balaban J connectivity index is 1.18. The molecule has 0 radical (unpaired) electrons. The van der Waals surface area contributed by atoms with E-state index in [0.717, 1.165) is 52.1 Å². The number of nitrogens with zero attached hydrogens (tertiary/aromatic N) is 4. The number of amides is 1. The molecule has 4 aromatic rings. The smallest absolute Gasteiger partial charge is 0.246 e. The molecule has 9 nitrogen and oxygen atoms in total. The van der Waals surface area contributed by atoms with Crippen LogP contribution in [0, 0.1) is 0 Å². The number of carbonyl (C=O) groups is 1. The summed E-state index contributed by atoms with van der Waals surface area (Å²) in [5, 5.41) is 12.0. The second kappa shape index (κ2) is 8.90. The van der Waals surface area contributed by atoms with Gasteiger partial charge in [0.25, 0.3) is 0 Å². The first-order valence-corrected chi connectivity index (χ1v) is 12.0. The third-order valence-corrected chi connectivity index (χ3v) is 6.82. The molecule has 1 aliphatic heterocycles. The van der Waals surface area contributed by atoms with Gasteiger partial charge in [-0.15, -0.1) is 0 Å². The van der Waals surface area contributed by atoms with Crippen LogP contribution in [0.4, 0.5) is 11.5 Å². The van der Waals surface area contributed by atoms with Crippen molar-refractivity contribution in [1.82, 2.24) is 25.1 Å². The Bertz CT molecular complexity index is 1380. The number of carbonyl (C=O) groups excluding carboxylic acids is 1. The molecule has 2 aromatic carbocycles. The van der Waals surface area contributed by atoms with Gasteiger partial charge in [0, 0.05) is 12.1 Å². The van der Waals surface area contributed by atoms with Gasteiger partial charge in [0.05, 0.1) is 17.1 Å². The molecule has 2 aromatic heterocycles. The summed E-state index contributed by atoms with van der Waals surface area (Å²) in [5.74, 6) is 1.10. The Hall–Kier alpha value is -4.14. The minimum absolute atomic E-state index is 0.102. The fourth-order valence-electron chi connectivity index (χ4n) is 4.95. The van der Waals surface area contributed by atoms with Gasteiger partial charge in [-0.25, -0.2) is 14.6 Å². The number of benzene rings is 2. The first-order valence-electron chi connectivity index (χ1n) is 12.0. The maximum atomic E-state index is 12.7. The van der Waals surface area contributed by atoms with E-state index in [1.807, 2.05) is 53.2 Å². The summed E-state index contributed by atoms with van der Waals surface area (Å²) in [4.78, 5) is 21.4. The highest BCUT2D eigenvalue weighted by atomic mass is 16.5. The van der Waals surface area contributed by atoms with E-state index in [0.29, 0.717) is 25.0 Å². The van der Waals surface area contributed by atoms with Crippen LogP contribution in [-0.2, 0) is 11.3 Å². The van der Waals surface area contributed by atoms with Crippen molar-refractivity contribution in [1.29, 1.82) is 0 Å². The Morgan fingerprint density at radius 3 is 2.74 bits per heavy atom. The zero-order valence-electron chi connectivity index (χ0n) is 19.3. The molecule has 6 rings (SSSR count). The first-order chi connectivity index (χ1) is 17.2. The fourth-order valence-corrected chi connectivity index (χ4v) is 4.95. The molecule has 1 saturated carbocycles. The lowest BCUT2D eigenvalue weighted by molar-refractivity contribution is -0.122. The van der Waals surface area contributed by atoms with Crippen molar-refractivity contribution < 1.29 is 9.53 Å². The quantitative estimate of drug-likeness (QED) is 0.408. The van der Waals surface area contributed by atoms with Crippen LogP contribution < -0.4 is 21.1 Å². The molecule has 35 heavy (non-hydrogen) atoms. The molecular weight excluding hydrogens is 442 g/mol. The van der Waals surface area contributed by atoms with Crippen LogP contribution in [0.5, 0.6) is 5.75 Å². The third kappa shape index (κ3) is 4.03. The normalized spacial score (nSPS) is 17.5. The molecule has 2 aliphatic rings. The highest BCUT2D eigenvalue weighted by molar-refractivity contribution is 5.98. The highest BCUT2D eigenvalue weighted by Gasteiger charge is 2.26.